The van der Waals surface area contributed by atoms with Crippen LogP contribution in [0.15, 0.2) is 12.1 Å². The largest absolute Gasteiger partial charge is 0.493 e. The maximum atomic E-state index is 6.18. The molecule has 1 rings (SSSR count). The lowest BCUT2D eigenvalue weighted by Gasteiger charge is -2.29. The zero-order chi connectivity index (χ0) is 15.1. The van der Waals surface area contributed by atoms with Gasteiger partial charge in [-0.15, -0.1) is 0 Å². The lowest BCUT2D eigenvalue weighted by molar-refractivity contribution is 0.355. The van der Waals surface area contributed by atoms with Gasteiger partial charge in [-0.2, -0.15) is 0 Å². The summed E-state index contributed by atoms with van der Waals surface area (Å²) in [5.74, 6) is 2.08. The minimum absolute atomic E-state index is 0.673. The van der Waals surface area contributed by atoms with Crippen molar-refractivity contribution < 1.29 is 9.47 Å². The predicted octanol–water partition coefficient (Wildman–Crippen LogP) is 3.55. The van der Waals surface area contributed by atoms with Gasteiger partial charge in [0.1, 0.15) is 0 Å². The molecule has 0 heterocycles. The van der Waals surface area contributed by atoms with Crippen LogP contribution in [0.4, 0.5) is 11.4 Å². The number of ether oxygens (including phenoxy) is 2. The highest BCUT2D eigenvalue weighted by atomic mass is 16.5. The molecule has 0 radical (unpaired) electrons. The molecule has 0 fully saturated rings. The molecule has 0 bridgehead atoms. The van der Waals surface area contributed by atoms with E-state index in [9.17, 15) is 0 Å². The van der Waals surface area contributed by atoms with Crippen LogP contribution in [0.5, 0.6) is 11.5 Å². The summed E-state index contributed by atoms with van der Waals surface area (Å²) in [6.45, 7) is 8.57. The van der Waals surface area contributed by atoms with Crippen molar-refractivity contribution >= 4 is 11.4 Å². The average molecular weight is 280 g/mol. The van der Waals surface area contributed by atoms with E-state index in [0.29, 0.717) is 11.7 Å². The average Bonchev–Trinajstić information content (AvgIpc) is 2.48. The van der Waals surface area contributed by atoms with E-state index < -0.39 is 0 Å². The molecule has 1 aromatic carbocycles. The van der Waals surface area contributed by atoms with Crippen LogP contribution in [-0.2, 0) is 0 Å². The summed E-state index contributed by atoms with van der Waals surface area (Å²) in [5, 5.41) is 0. The molecule has 4 heteroatoms. The zero-order valence-electron chi connectivity index (χ0n) is 13.4. The van der Waals surface area contributed by atoms with Crippen molar-refractivity contribution in [1.82, 2.24) is 0 Å². The van der Waals surface area contributed by atoms with Crippen molar-refractivity contribution in [3.05, 3.63) is 12.1 Å². The number of nitrogen functional groups attached to an aromatic ring is 1. The monoisotopic (exact) mass is 280 g/mol. The van der Waals surface area contributed by atoms with Gasteiger partial charge in [0.25, 0.3) is 0 Å². The summed E-state index contributed by atoms with van der Waals surface area (Å²) in [7, 11) is 3.27. The van der Waals surface area contributed by atoms with Gasteiger partial charge in [0, 0.05) is 25.2 Å². The number of benzene rings is 1. The van der Waals surface area contributed by atoms with Crippen molar-refractivity contribution in [3.8, 4) is 11.5 Å². The molecule has 1 aromatic rings. The first-order chi connectivity index (χ1) is 9.60. The molecule has 20 heavy (non-hydrogen) atoms. The number of anilines is 2. The van der Waals surface area contributed by atoms with Crippen LogP contribution < -0.4 is 20.1 Å². The maximum absolute atomic E-state index is 6.18. The molecule has 0 spiro atoms. The second-order valence-corrected chi connectivity index (χ2v) is 4.99. The molecule has 0 unspecified atom stereocenters. The quantitative estimate of drug-likeness (QED) is 0.740. The second-order valence-electron chi connectivity index (χ2n) is 4.99. The van der Waals surface area contributed by atoms with Crippen LogP contribution >= 0.6 is 0 Å². The Hall–Kier alpha value is -1.58. The first-order valence-electron chi connectivity index (χ1n) is 7.37. The Labute approximate surface area is 122 Å². The highest BCUT2D eigenvalue weighted by molar-refractivity contribution is 5.73. The van der Waals surface area contributed by atoms with E-state index in [0.717, 1.165) is 30.2 Å². The smallest absolute Gasteiger partial charge is 0.162 e. The van der Waals surface area contributed by atoms with E-state index in [4.69, 9.17) is 15.2 Å². The van der Waals surface area contributed by atoms with Gasteiger partial charge >= 0.3 is 0 Å². The lowest BCUT2D eigenvalue weighted by Crippen LogP contribution is -2.29. The standard InChI is InChI=1S/C16H28N2O2/c1-6-12(7-2)11-18(8-3)14-10-16(20-5)15(19-4)9-13(14)17/h9-10,12H,6-8,11,17H2,1-5H3. The van der Waals surface area contributed by atoms with Crippen molar-refractivity contribution in [2.75, 3.05) is 37.9 Å². The third-order valence-corrected chi connectivity index (χ3v) is 3.89. The molecule has 0 aliphatic carbocycles. The molecule has 0 atom stereocenters. The lowest BCUT2D eigenvalue weighted by atomic mass is 10.0. The predicted molar refractivity (Wildman–Crippen MR) is 85.9 cm³/mol. The van der Waals surface area contributed by atoms with Gasteiger partial charge in [-0.3, -0.25) is 0 Å². The van der Waals surface area contributed by atoms with Crippen molar-refractivity contribution in [2.24, 2.45) is 5.92 Å². The third-order valence-electron chi connectivity index (χ3n) is 3.89. The molecule has 114 valence electrons. The maximum Gasteiger partial charge on any atom is 0.162 e. The van der Waals surface area contributed by atoms with Crippen LogP contribution in [0.2, 0.25) is 0 Å². The molecular weight excluding hydrogens is 252 g/mol. The minimum atomic E-state index is 0.673. The molecule has 0 aliphatic heterocycles. The summed E-state index contributed by atoms with van der Waals surface area (Å²) in [5.41, 5.74) is 7.94. The minimum Gasteiger partial charge on any atom is -0.493 e. The Kier molecular flexibility index (Phi) is 6.49. The fraction of sp³-hybridized carbons (Fsp3) is 0.625. The summed E-state index contributed by atoms with van der Waals surface area (Å²) in [6, 6.07) is 3.81. The fourth-order valence-electron chi connectivity index (χ4n) is 2.41. The van der Waals surface area contributed by atoms with Crippen molar-refractivity contribution in [2.45, 2.75) is 33.6 Å². The van der Waals surface area contributed by atoms with Gasteiger partial charge in [-0.1, -0.05) is 26.7 Å². The van der Waals surface area contributed by atoms with Crippen molar-refractivity contribution in [1.29, 1.82) is 0 Å². The molecule has 4 nitrogen and oxygen atoms in total. The zero-order valence-corrected chi connectivity index (χ0v) is 13.4. The van der Waals surface area contributed by atoms with Gasteiger partial charge < -0.3 is 20.1 Å². The number of methoxy groups -OCH3 is 2. The first kappa shape index (κ1) is 16.5. The van der Waals surface area contributed by atoms with Crippen LogP contribution in [0.25, 0.3) is 0 Å². The van der Waals surface area contributed by atoms with E-state index in [1.165, 1.54) is 12.8 Å². The molecule has 0 saturated heterocycles. The highest BCUT2D eigenvalue weighted by Crippen LogP contribution is 2.37. The molecule has 0 saturated carbocycles. The van der Waals surface area contributed by atoms with E-state index in [1.54, 1.807) is 14.2 Å². The van der Waals surface area contributed by atoms with Crippen molar-refractivity contribution in [3.63, 3.8) is 0 Å². The van der Waals surface area contributed by atoms with Gasteiger partial charge in [-0.05, 0) is 12.8 Å². The Morgan fingerprint density at radius 1 is 1.05 bits per heavy atom. The number of nitrogens with zero attached hydrogens (tertiary/aromatic N) is 1. The topological polar surface area (TPSA) is 47.7 Å². The Morgan fingerprint density at radius 2 is 1.60 bits per heavy atom. The third kappa shape index (κ3) is 3.71. The van der Waals surface area contributed by atoms with Gasteiger partial charge in [-0.25, -0.2) is 0 Å². The van der Waals surface area contributed by atoms with Crippen LogP contribution in [-0.4, -0.2) is 27.3 Å². The fourth-order valence-corrected chi connectivity index (χ4v) is 2.41. The van der Waals surface area contributed by atoms with Crippen LogP contribution in [0.1, 0.15) is 33.6 Å². The Morgan fingerprint density at radius 3 is 2.05 bits per heavy atom. The molecular formula is C16H28N2O2. The summed E-state index contributed by atoms with van der Waals surface area (Å²) in [6.07, 6.45) is 2.36. The Balaban J connectivity index is 3.08. The summed E-state index contributed by atoms with van der Waals surface area (Å²) >= 11 is 0. The van der Waals surface area contributed by atoms with E-state index >= 15 is 0 Å². The normalized spacial score (nSPS) is 10.7. The van der Waals surface area contributed by atoms with Gasteiger partial charge in [0.05, 0.1) is 25.6 Å². The van der Waals surface area contributed by atoms with Crippen LogP contribution in [0, 0.1) is 5.92 Å². The number of nitrogens with two attached hydrogens (primary N) is 1. The summed E-state index contributed by atoms with van der Waals surface area (Å²) < 4.78 is 10.7. The van der Waals surface area contributed by atoms with Gasteiger partial charge in [0.15, 0.2) is 11.5 Å². The number of hydrogen-bond acceptors (Lipinski definition) is 4. The van der Waals surface area contributed by atoms with Crippen LogP contribution in [0.3, 0.4) is 0 Å². The number of rotatable bonds is 8. The second kappa shape index (κ2) is 7.88. The summed E-state index contributed by atoms with van der Waals surface area (Å²) in [4.78, 5) is 2.31. The number of hydrogen-bond donors (Lipinski definition) is 1. The SMILES string of the molecule is CCC(CC)CN(CC)c1cc(OC)c(OC)cc1N. The molecule has 0 amide bonds. The van der Waals surface area contributed by atoms with E-state index in [-0.39, 0.29) is 0 Å². The molecule has 0 aromatic heterocycles. The van der Waals surface area contributed by atoms with Gasteiger partial charge in [0.2, 0.25) is 0 Å². The molecule has 0 aliphatic rings. The first-order valence-corrected chi connectivity index (χ1v) is 7.37. The van der Waals surface area contributed by atoms with E-state index in [1.807, 2.05) is 12.1 Å². The highest BCUT2D eigenvalue weighted by Gasteiger charge is 2.16. The molecule has 2 N–H and O–H groups in total. The Bertz CT molecular complexity index is 417. The van der Waals surface area contributed by atoms with E-state index in [2.05, 4.69) is 25.7 Å².